The SMILES string of the molecule is Oc1ccc2c(c1)OC[C@H](c1ccccc1)C2c1ccc(CCCCN2CCCCC2)cc1. The molecule has 172 valence electrons. The molecular formula is C30H35NO2. The van der Waals surface area contributed by atoms with Crippen LogP contribution in [0.3, 0.4) is 0 Å². The summed E-state index contributed by atoms with van der Waals surface area (Å²) in [5.74, 6) is 1.52. The van der Waals surface area contributed by atoms with Crippen LogP contribution in [0.4, 0.5) is 0 Å². The van der Waals surface area contributed by atoms with Gasteiger partial charge < -0.3 is 14.7 Å². The van der Waals surface area contributed by atoms with Gasteiger partial charge in [0.25, 0.3) is 0 Å². The van der Waals surface area contributed by atoms with Gasteiger partial charge >= 0.3 is 0 Å². The van der Waals surface area contributed by atoms with E-state index in [9.17, 15) is 5.11 Å². The number of aryl methyl sites for hydroxylation is 1. The molecule has 0 amide bonds. The Morgan fingerprint density at radius 1 is 0.818 bits per heavy atom. The maximum Gasteiger partial charge on any atom is 0.126 e. The first-order valence-electron chi connectivity index (χ1n) is 12.6. The van der Waals surface area contributed by atoms with Crippen molar-refractivity contribution in [3.8, 4) is 11.5 Å². The molecule has 3 nitrogen and oxygen atoms in total. The highest BCUT2D eigenvalue weighted by Gasteiger charge is 2.33. The summed E-state index contributed by atoms with van der Waals surface area (Å²) < 4.78 is 6.10. The van der Waals surface area contributed by atoms with Crippen LogP contribution < -0.4 is 4.74 Å². The van der Waals surface area contributed by atoms with Gasteiger partial charge in [-0.1, -0.05) is 67.1 Å². The molecule has 2 atom stereocenters. The lowest BCUT2D eigenvalue weighted by Crippen LogP contribution is -2.30. The van der Waals surface area contributed by atoms with Crippen LogP contribution in [0.15, 0.2) is 72.8 Å². The lowest BCUT2D eigenvalue weighted by molar-refractivity contribution is 0.225. The zero-order chi connectivity index (χ0) is 22.5. The Bertz CT molecular complexity index is 1020. The highest BCUT2D eigenvalue weighted by atomic mass is 16.5. The van der Waals surface area contributed by atoms with Gasteiger partial charge in [0.05, 0.1) is 6.61 Å². The Morgan fingerprint density at radius 2 is 1.61 bits per heavy atom. The van der Waals surface area contributed by atoms with Gasteiger partial charge in [-0.2, -0.15) is 0 Å². The number of piperidine rings is 1. The highest BCUT2D eigenvalue weighted by molar-refractivity contribution is 5.50. The number of likely N-dealkylation sites (tertiary alicyclic amines) is 1. The molecule has 0 radical (unpaired) electrons. The number of nitrogens with zero attached hydrogens (tertiary/aromatic N) is 1. The Balaban J connectivity index is 1.30. The number of hydrogen-bond acceptors (Lipinski definition) is 3. The molecule has 3 aromatic carbocycles. The molecule has 33 heavy (non-hydrogen) atoms. The fourth-order valence-electron chi connectivity index (χ4n) is 5.54. The predicted octanol–water partition coefficient (Wildman–Crippen LogP) is 6.51. The summed E-state index contributed by atoms with van der Waals surface area (Å²) in [6, 6.07) is 25.5. The summed E-state index contributed by atoms with van der Waals surface area (Å²) in [5.41, 5.74) is 5.19. The van der Waals surface area contributed by atoms with E-state index in [1.54, 1.807) is 12.1 Å². The van der Waals surface area contributed by atoms with Crippen molar-refractivity contribution >= 4 is 0 Å². The van der Waals surface area contributed by atoms with E-state index < -0.39 is 0 Å². The van der Waals surface area contributed by atoms with Crippen molar-refractivity contribution in [2.75, 3.05) is 26.2 Å². The molecule has 2 aliphatic heterocycles. The first-order chi connectivity index (χ1) is 16.3. The van der Waals surface area contributed by atoms with Gasteiger partial charge in [-0.25, -0.2) is 0 Å². The molecule has 1 N–H and O–H groups in total. The van der Waals surface area contributed by atoms with E-state index in [1.807, 2.05) is 6.07 Å². The van der Waals surface area contributed by atoms with Gasteiger partial charge in [-0.05, 0) is 74.5 Å². The summed E-state index contributed by atoms with van der Waals surface area (Å²) in [5, 5.41) is 9.97. The van der Waals surface area contributed by atoms with Gasteiger partial charge in [-0.3, -0.25) is 0 Å². The maximum absolute atomic E-state index is 9.97. The van der Waals surface area contributed by atoms with Crippen molar-refractivity contribution in [2.24, 2.45) is 0 Å². The molecular weight excluding hydrogens is 406 g/mol. The zero-order valence-corrected chi connectivity index (χ0v) is 19.5. The smallest absolute Gasteiger partial charge is 0.126 e. The van der Waals surface area contributed by atoms with E-state index in [-0.39, 0.29) is 17.6 Å². The van der Waals surface area contributed by atoms with E-state index in [2.05, 4.69) is 59.5 Å². The minimum Gasteiger partial charge on any atom is -0.508 e. The molecule has 3 aromatic rings. The standard InChI is InChI=1S/C30H35NO2/c32-26-16-17-27-29(21-26)33-22-28(24-10-3-1-4-11-24)30(27)25-14-12-23(13-15-25)9-5-8-20-31-18-6-2-7-19-31/h1,3-4,10-17,21,28,30,32H,2,5-9,18-20,22H2/t28-,30?/m1/s1. The van der Waals surface area contributed by atoms with Crippen molar-refractivity contribution in [1.29, 1.82) is 0 Å². The van der Waals surface area contributed by atoms with Crippen molar-refractivity contribution in [3.05, 3.63) is 95.1 Å². The molecule has 3 heteroatoms. The van der Waals surface area contributed by atoms with Crippen LogP contribution in [0.25, 0.3) is 0 Å². The summed E-state index contributed by atoms with van der Waals surface area (Å²) in [7, 11) is 0. The lowest BCUT2D eigenvalue weighted by atomic mass is 9.75. The Kier molecular flexibility index (Phi) is 6.97. The quantitative estimate of drug-likeness (QED) is 0.424. The fourth-order valence-corrected chi connectivity index (χ4v) is 5.54. The normalized spacial score (nSPS) is 20.7. The van der Waals surface area contributed by atoms with Crippen molar-refractivity contribution < 1.29 is 9.84 Å². The maximum atomic E-state index is 9.97. The van der Waals surface area contributed by atoms with Crippen LogP contribution in [0.5, 0.6) is 11.5 Å². The monoisotopic (exact) mass is 441 g/mol. The number of unbranched alkanes of at least 4 members (excludes halogenated alkanes) is 1. The summed E-state index contributed by atoms with van der Waals surface area (Å²) in [6.07, 6.45) is 7.85. The van der Waals surface area contributed by atoms with Crippen molar-refractivity contribution in [1.82, 2.24) is 4.90 Å². The number of phenolic OH excluding ortho intramolecular Hbond substituents is 1. The highest BCUT2D eigenvalue weighted by Crippen LogP contribution is 2.46. The Hall–Kier alpha value is -2.78. The molecule has 0 aromatic heterocycles. The second-order valence-corrected chi connectivity index (χ2v) is 9.63. The minimum absolute atomic E-state index is 0.213. The number of hydrogen-bond donors (Lipinski definition) is 1. The second kappa shape index (κ2) is 10.4. The van der Waals surface area contributed by atoms with Crippen LogP contribution in [-0.4, -0.2) is 36.2 Å². The number of fused-ring (bicyclic) bond motifs is 1. The third-order valence-electron chi connectivity index (χ3n) is 7.36. The summed E-state index contributed by atoms with van der Waals surface area (Å²) >= 11 is 0. The first-order valence-corrected chi connectivity index (χ1v) is 12.6. The molecule has 1 saturated heterocycles. The van der Waals surface area contributed by atoms with Gasteiger partial charge in [0.15, 0.2) is 0 Å². The average molecular weight is 442 g/mol. The van der Waals surface area contributed by atoms with E-state index in [0.29, 0.717) is 6.61 Å². The van der Waals surface area contributed by atoms with Crippen LogP contribution in [0, 0.1) is 0 Å². The topological polar surface area (TPSA) is 32.7 Å². The van der Waals surface area contributed by atoms with Crippen molar-refractivity contribution in [2.45, 2.75) is 50.4 Å². The fraction of sp³-hybridized carbons (Fsp3) is 0.400. The summed E-state index contributed by atoms with van der Waals surface area (Å²) in [6.45, 7) is 4.45. The van der Waals surface area contributed by atoms with Gasteiger partial charge in [0.2, 0.25) is 0 Å². The van der Waals surface area contributed by atoms with Crippen molar-refractivity contribution in [3.63, 3.8) is 0 Å². The lowest BCUT2D eigenvalue weighted by Gasteiger charge is -2.34. The second-order valence-electron chi connectivity index (χ2n) is 9.63. The van der Waals surface area contributed by atoms with Crippen LogP contribution >= 0.6 is 0 Å². The Morgan fingerprint density at radius 3 is 2.39 bits per heavy atom. The molecule has 0 bridgehead atoms. The average Bonchev–Trinajstić information content (AvgIpc) is 2.87. The number of ether oxygens (including phenoxy) is 1. The van der Waals surface area contributed by atoms with Gasteiger partial charge in [-0.15, -0.1) is 0 Å². The number of benzene rings is 3. The van der Waals surface area contributed by atoms with Gasteiger partial charge in [0.1, 0.15) is 11.5 Å². The zero-order valence-electron chi connectivity index (χ0n) is 19.5. The van der Waals surface area contributed by atoms with E-state index in [1.165, 1.54) is 68.4 Å². The third-order valence-corrected chi connectivity index (χ3v) is 7.36. The molecule has 2 aliphatic rings. The van der Waals surface area contributed by atoms with E-state index in [4.69, 9.17) is 4.74 Å². The van der Waals surface area contributed by atoms with Gasteiger partial charge in [0, 0.05) is 23.5 Å². The van der Waals surface area contributed by atoms with Crippen LogP contribution in [-0.2, 0) is 6.42 Å². The summed E-state index contributed by atoms with van der Waals surface area (Å²) in [4.78, 5) is 2.64. The van der Waals surface area contributed by atoms with E-state index >= 15 is 0 Å². The van der Waals surface area contributed by atoms with Crippen LogP contribution in [0.1, 0.15) is 66.2 Å². The third kappa shape index (κ3) is 5.25. The molecule has 1 unspecified atom stereocenters. The molecule has 0 saturated carbocycles. The minimum atomic E-state index is 0.213. The first kappa shape index (κ1) is 22.0. The molecule has 1 fully saturated rings. The van der Waals surface area contributed by atoms with Crippen LogP contribution in [0.2, 0.25) is 0 Å². The Labute approximate surface area is 198 Å². The molecule has 0 aliphatic carbocycles. The number of rotatable bonds is 7. The molecule has 5 rings (SSSR count). The number of phenols is 1. The van der Waals surface area contributed by atoms with E-state index in [0.717, 1.165) is 17.7 Å². The number of aromatic hydroxyl groups is 1. The largest absolute Gasteiger partial charge is 0.508 e. The predicted molar refractivity (Wildman–Crippen MR) is 134 cm³/mol. The molecule has 0 spiro atoms. The molecule has 2 heterocycles.